The Hall–Kier alpha value is -2.78. The van der Waals surface area contributed by atoms with Gasteiger partial charge in [0.2, 0.25) is 0 Å². The molecule has 2 nitrogen and oxygen atoms in total. The molecule has 0 aliphatic carbocycles. The van der Waals surface area contributed by atoms with Crippen molar-refractivity contribution in [3.63, 3.8) is 0 Å². The van der Waals surface area contributed by atoms with Crippen molar-refractivity contribution in [3.05, 3.63) is 60.0 Å². The summed E-state index contributed by atoms with van der Waals surface area (Å²) < 4.78 is 17.8. The Bertz CT molecular complexity index is 782. The summed E-state index contributed by atoms with van der Waals surface area (Å²) in [5, 5.41) is 0. The van der Waals surface area contributed by atoms with Crippen LogP contribution in [0.25, 0.3) is 0 Å². The topological polar surface area (TPSA) is 26.3 Å². The normalized spacial score (nSPS) is 12.7. The number of carbonyl (C=O) groups is 1. The fourth-order valence-electron chi connectivity index (χ4n) is 2.56. The van der Waals surface area contributed by atoms with E-state index < -0.39 is 0 Å². The summed E-state index contributed by atoms with van der Waals surface area (Å²) in [6, 6.07) is 6.23. The third-order valence-electron chi connectivity index (χ3n) is 4.42. The predicted octanol–water partition coefficient (Wildman–Crippen LogP) is 6.08. The second kappa shape index (κ2) is 15.2. The number of esters is 1. The van der Waals surface area contributed by atoms with Crippen LogP contribution in [0.5, 0.6) is 0 Å². The van der Waals surface area contributed by atoms with Gasteiger partial charge >= 0.3 is 5.97 Å². The number of rotatable bonds is 9. The van der Waals surface area contributed by atoms with E-state index >= 15 is 0 Å². The second-order valence-corrected chi connectivity index (χ2v) is 6.66. The van der Waals surface area contributed by atoms with Crippen LogP contribution in [0, 0.1) is 41.3 Å². The van der Waals surface area contributed by atoms with Crippen LogP contribution in [0.3, 0.4) is 0 Å². The summed E-state index contributed by atoms with van der Waals surface area (Å²) in [7, 11) is 0. The Morgan fingerprint density at radius 1 is 1.14 bits per heavy atom. The van der Waals surface area contributed by atoms with Crippen molar-refractivity contribution < 1.29 is 13.9 Å². The van der Waals surface area contributed by atoms with E-state index in [1.54, 1.807) is 12.1 Å². The summed E-state index contributed by atoms with van der Waals surface area (Å²) in [6.07, 6.45) is 11.7. The molecule has 0 spiro atoms. The van der Waals surface area contributed by atoms with Gasteiger partial charge in [0.1, 0.15) is 5.82 Å². The molecule has 0 radical (unpaired) electrons. The van der Waals surface area contributed by atoms with Gasteiger partial charge in [-0.3, -0.25) is 4.79 Å². The zero-order chi connectivity index (χ0) is 21.3. The minimum absolute atomic E-state index is 0.153. The Morgan fingerprint density at radius 2 is 1.90 bits per heavy atom. The first-order valence-electron chi connectivity index (χ1n) is 10.3. The smallest absolute Gasteiger partial charge is 0.305 e. The lowest BCUT2D eigenvalue weighted by molar-refractivity contribution is -0.143. The monoisotopic (exact) mass is 394 g/mol. The minimum atomic E-state index is -0.246. The number of allylic oxidation sites excluding steroid dienone is 4. The Morgan fingerprint density at radius 3 is 2.55 bits per heavy atom. The minimum Gasteiger partial charge on any atom is -0.466 e. The number of ether oxygens (including phenoxy) is 1. The van der Waals surface area contributed by atoms with Crippen molar-refractivity contribution in [2.45, 2.75) is 52.9 Å². The van der Waals surface area contributed by atoms with Crippen LogP contribution in [0.2, 0.25) is 0 Å². The molecule has 0 bridgehead atoms. The van der Waals surface area contributed by atoms with Crippen LogP contribution in [-0.4, -0.2) is 12.6 Å². The van der Waals surface area contributed by atoms with Gasteiger partial charge in [0.05, 0.1) is 6.61 Å². The average molecular weight is 395 g/mol. The van der Waals surface area contributed by atoms with Crippen LogP contribution in [0.4, 0.5) is 4.39 Å². The van der Waals surface area contributed by atoms with Crippen molar-refractivity contribution in [2.24, 2.45) is 11.8 Å². The maximum Gasteiger partial charge on any atom is 0.305 e. The van der Waals surface area contributed by atoms with Crippen LogP contribution >= 0.6 is 0 Å². The van der Waals surface area contributed by atoms with Crippen molar-refractivity contribution in [2.75, 3.05) is 6.61 Å². The standard InChI is InChI=1S/C26H31FO2/c1-4-22(14-11-15-24-16-19-25(27)20-17-24)12-9-7-8-10-13-23(5-2)18-21-26(28)29-6-3/h7-9,12,16-17,19-20,22-23H,4-6,14,18,21H2,1-3H3. The molecule has 0 saturated heterocycles. The molecule has 154 valence electrons. The van der Waals surface area contributed by atoms with E-state index in [2.05, 4.69) is 43.6 Å². The average Bonchev–Trinajstić information content (AvgIpc) is 2.72. The van der Waals surface area contributed by atoms with Gasteiger partial charge in [0.15, 0.2) is 0 Å². The van der Waals surface area contributed by atoms with Gasteiger partial charge in [0, 0.05) is 24.3 Å². The number of hydrogen-bond acceptors (Lipinski definition) is 2. The highest BCUT2D eigenvalue weighted by atomic mass is 19.1. The molecule has 0 aliphatic heterocycles. The zero-order valence-electron chi connectivity index (χ0n) is 17.7. The highest BCUT2D eigenvalue weighted by Gasteiger charge is 2.07. The van der Waals surface area contributed by atoms with Gasteiger partial charge in [-0.2, -0.15) is 0 Å². The van der Waals surface area contributed by atoms with E-state index in [0.29, 0.717) is 18.9 Å². The molecule has 2 atom stereocenters. The van der Waals surface area contributed by atoms with E-state index in [1.807, 2.05) is 25.2 Å². The molecule has 0 amide bonds. The first kappa shape index (κ1) is 24.3. The molecule has 0 saturated carbocycles. The van der Waals surface area contributed by atoms with Gasteiger partial charge in [-0.1, -0.05) is 55.8 Å². The van der Waals surface area contributed by atoms with E-state index in [0.717, 1.165) is 31.2 Å². The Labute approximate surface area is 175 Å². The van der Waals surface area contributed by atoms with E-state index in [9.17, 15) is 9.18 Å². The summed E-state index contributed by atoms with van der Waals surface area (Å²) >= 11 is 0. The third-order valence-corrected chi connectivity index (χ3v) is 4.42. The van der Waals surface area contributed by atoms with E-state index in [-0.39, 0.29) is 17.7 Å². The van der Waals surface area contributed by atoms with Gasteiger partial charge in [0.25, 0.3) is 0 Å². The van der Waals surface area contributed by atoms with Crippen LogP contribution in [0.15, 0.2) is 48.6 Å². The van der Waals surface area contributed by atoms with E-state index in [4.69, 9.17) is 4.74 Å². The first-order chi connectivity index (χ1) is 14.1. The summed E-state index contributed by atoms with van der Waals surface area (Å²) in [5.74, 6) is 12.7. The molecule has 29 heavy (non-hydrogen) atoms. The molecule has 1 rings (SSSR count). The van der Waals surface area contributed by atoms with Crippen LogP contribution < -0.4 is 0 Å². The van der Waals surface area contributed by atoms with Crippen molar-refractivity contribution in [3.8, 4) is 23.7 Å². The quantitative estimate of drug-likeness (QED) is 0.288. The molecule has 0 N–H and O–H groups in total. The number of carbonyl (C=O) groups excluding carboxylic acids is 1. The lowest BCUT2D eigenvalue weighted by Gasteiger charge is -2.06. The van der Waals surface area contributed by atoms with Gasteiger partial charge in [-0.25, -0.2) is 4.39 Å². The summed E-state index contributed by atoms with van der Waals surface area (Å²) in [5.41, 5.74) is 0.828. The molecule has 1 aromatic rings. The van der Waals surface area contributed by atoms with Crippen molar-refractivity contribution in [1.29, 1.82) is 0 Å². The largest absolute Gasteiger partial charge is 0.466 e. The zero-order valence-corrected chi connectivity index (χ0v) is 17.7. The molecule has 0 fully saturated rings. The fourth-order valence-corrected chi connectivity index (χ4v) is 2.56. The fraction of sp³-hybridized carbons (Fsp3) is 0.423. The van der Waals surface area contributed by atoms with Crippen molar-refractivity contribution >= 4 is 5.97 Å². The van der Waals surface area contributed by atoms with E-state index in [1.165, 1.54) is 12.1 Å². The first-order valence-corrected chi connectivity index (χ1v) is 10.3. The molecule has 0 aliphatic rings. The molecule has 0 aromatic heterocycles. The molecule has 0 heterocycles. The molecular formula is C26H31FO2. The number of hydrogen-bond donors (Lipinski definition) is 0. The van der Waals surface area contributed by atoms with Crippen LogP contribution in [-0.2, 0) is 9.53 Å². The molecule has 3 heteroatoms. The third kappa shape index (κ3) is 11.6. The predicted molar refractivity (Wildman–Crippen MR) is 117 cm³/mol. The molecule has 2 unspecified atom stereocenters. The van der Waals surface area contributed by atoms with Crippen molar-refractivity contribution in [1.82, 2.24) is 0 Å². The Balaban J connectivity index is 2.45. The maximum atomic E-state index is 12.9. The SMILES string of the molecule is CCOC(=O)CCC(C#CC=CC=CC(CC)CC#Cc1ccc(F)cc1)CC. The van der Waals surface area contributed by atoms with Gasteiger partial charge < -0.3 is 4.74 Å². The summed E-state index contributed by atoms with van der Waals surface area (Å²) in [4.78, 5) is 11.4. The maximum absolute atomic E-state index is 12.9. The lowest BCUT2D eigenvalue weighted by atomic mass is 10.0. The Kier molecular flexibility index (Phi) is 12.7. The lowest BCUT2D eigenvalue weighted by Crippen LogP contribution is -2.06. The van der Waals surface area contributed by atoms with Crippen LogP contribution in [0.1, 0.15) is 58.4 Å². The van der Waals surface area contributed by atoms with Gasteiger partial charge in [-0.15, -0.1) is 0 Å². The highest BCUT2D eigenvalue weighted by Crippen LogP contribution is 2.11. The molecule has 1 aromatic carbocycles. The summed E-state index contributed by atoms with van der Waals surface area (Å²) in [6.45, 7) is 6.45. The highest BCUT2D eigenvalue weighted by molar-refractivity contribution is 5.69. The number of benzene rings is 1. The number of halogens is 1. The molecular weight excluding hydrogens is 363 g/mol. The van der Waals surface area contributed by atoms with Gasteiger partial charge in [-0.05, 0) is 62.4 Å². The second-order valence-electron chi connectivity index (χ2n) is 6.66.